The van der Waals surface area contributed by atoms with E-state index in [9.17, 15) is 9.59 Å². The van der Waals surface area contributed by atoms with Crippen LogP contribution in [0.1, 0.15) is 41.7 Å². The highest BCUT2D eigenvalue weighted by molar-refractivity contribution is 6.01. The molecule has 0 atom stereocenters. The highest BCUT2D eigenvalue weighted by Crippen LogP contribution is 2.38. The number of hydrogen-bond acceptors (Lipinski definition) is 3. The summed E-state index contributed by atoms with van der Waals surface area (Å²) in [6.07, 6.45) is 4.55. The minimum Gasteiger partial charge on any atom is -0.478 e. The molecule has 2 rings (SSSR count). The van der Waals surface area contributed by atoms with Crippen molar-refractivity contribution in [3.8, 4) is 0 Å². The standard InChI is InChI=1S/C13H18N2O4/c1-8-11(12(17)18)9(7-14-8)15-10(16)6-13(19-2)4-3-5-13/h7,14H,3-6H2,1-2H3,(H,15,16)(H,17,18). The molecule has 1 saturated carbocycles. The van der Waals surface area contributed by atoms with Crippen molar-refractivity contribution in [2.24, 2.45) is 0 Å². The van der Waals surface area contributed by atoms with Crippen LogP contribution in [-0.2, 0) is 9.53 Å². The molecule has 0 unspecified atom stereocenters. The molecular weight excluding hydrogens is 248 g/mol. The second kappa shape index (κ2) is 5.05. The number of amides is 1. The van der Waals surface area contributed by atoms with Crippen LogP contribution >= 0.6 is 0 Å². The van der Waals surface area contributed by atoms with Gasteiger partial charge in [-0.25, -0.2) is 4.79 Å². The SMILES string of the molecule is COC1(CC(=O)Nc2c[nH]c(C)c2C(=O)O)CCC1. The third-order valence-electron chi connectivity index (χ3n) is 3.75. The Labute approximate surface area is 111 Å². The highest BCUT2D eigenvalue weighted by atomic mass is 16.5. The van der Waals surface area contributed by atoms with Crippen LogP contribution in [0.3, 0.4) is 0 Å². The Balaban J connectivity index is 2.05. The summed E-state index contributed by atoms with van der Waals surface area (Å²) in [6, 6.07) is 0. The molecule has 0 aromatic carbocycles. The van der Waals surface area contributed by atoms with E-state index in [0.717, 1.165) is 19.3 Å². The lowest BCUT2D eigenvalue weighted by molar-refractivity contribution is -0.129. The number of carbonyl (C=O) groups is 2. The maximum absolute atomic E-state index is 12.0. The minimum atomic E-state index is -1.06. The van der Waals surface area contributed by atoms with E-state index in [1.165, 1.54) is 6.20 Å². The third-order valence-corrected chi connectivity index (χ3v) is 3.75. The summed E-state index contributed by atoms with van der Waals surface area (Å²) < 4.78 is 5.38. The molecule has 0 radical (unpaired) electrons. The van der Waals surface area contributed by atoms with Gasteiger partial charge in [-0.2, -0.15) is 0 Å². The Morgan fingerprint density at radius 3 is 2.68 bits per heavy atom. The largest absolute Gasteiger partial charge is 0.478 e. The second-order valence-corrected chi connectivity index (χ2v) is 4.97. The molecule has 1 aromatic rings. The number of aromatic carboxylic acids is 1. The van der Waals surface area contributed by atoms with Gasteiger partial charge in [0.1, 0.15) is 5.56 Å². The van der Waals surface area contributed by atoms with Crippen LogP contribution in [0.15, 0.2) is 6.20 Å². The summed E-state index contributed by atoms with van der Waals surface area (Å²) in [7, 11) is 1.61. The molecule has 6 nitrogen and oxygen atoms in total. The number of H-pyrrole nitrogens is 1. The summed E-state index contributed by atoms with van der Waals surface area (Å²) in [6.45, 7) is 1.65. The summed E-state index contributed by atoms with van der Waals surface area (Å²) in [5, 5.41) is 11.7. The average molecular weight is 266 g/mol. The van der Waals surface area contributed by atoms with E-state index in [0.29, 0.717) is 11.4 Å². The van der Waals surface area contributed by atoms with Crippen molar-refractivity contribution in [3.63, 3.8) is 0 Å². The maximum Gasteiger partial charge on any atom is 0.339 e. The van der Waals surface area contributed by atoms with Gasteiger partial charge in [0, 0.05) is 19.0 Å². The number of carboxylic acids is 1. The minimum absolute atomic E-state index is 0.105. The van der Waals surface area contributed by atoms with Gasteiger partial charge in [0.15, 0.2) is 0 Å². The van der Waals surface area contributed by atoms with Crippen LogP contribution in [0.5, 0.6) is 0 Å². The molecule has 104 valence electrons. The zero-order valence-corrected chi connectivity index (χ0v) is 11.1. The van der Waals surface area contributed by atoms with Crippen LogP contribution in [0.4, 0.5) is 5.69 Å². The van der Waals surface area contributed by atoms with Gasteiger partial charge in [-0.1, -0.05) is 0 Å². The summed E-state index contributed by atoms with van der Waals surface area (Å²) >= 11 is 0. The molecule has 6 heteroatoms. The third kappa shape index (κ3) is 2.63. The predicted molar refractivity (Wildman–Crippen MR) is 69.3 cm³/mol. The normalized spacial score (nSPS) is 16.7. The molecule has 1 aliphatic carbocycles. The fraction of sp³-hybridized carbons (Fsp3) is 0.538. The van der Waals surface area contributed by atoms with Gasteiger partial charge in [0.25, 0.3) is 0 Å². The first-order chi connectivity index (χ1) is 8.97. The lowest BCUT2D eigenvalue weighted by Crippen LogP contribution is -2.42. The molecule has 1 aliphatic rings. The number of ether oxygens (including phenoxy) is 1. The van der Waals surface area contributed by atoms with Crippen molar-refractivity contribution in [3.05, 3.63) is 17.5 Å². The van der Waals surface area contributed by atoms with Crippen LogP contribution < -0.4 is 5.32 Å². The first-order valence-corrected chi connectivity index (χ1v) is 6.24. The van der Waals surface area contributed by atoms with Crippen LogP contribution in [0.25, 0.3) is 0 Å². The topological polar surface area (TPSA) is 91.4 Å². The summed E-state index contributed by atoms with van der Waals surface area (Å²) in [5.74, 6) is -1.28. The number of hydrogen-bond donors (Lipinski definition) is 3. The van der Waals surface area contributed by atoms with Crippen molar-refractivity contribution in [1.82, 2.24) is 4.98 Å². The van der Waals surface area contributed by atoms with E-state index in [-0.39, 0.29) is 23.5 Å². The van der Waals surface area contributed by atoms with Crippen LogP contribution in [0, 0.1) is 6.92 Å². The number of carbonyl (C=O) groups excluding carboxylic acids is 1. The van der Waals surface area contributed by atoms with Crippen molar-refractivity contribution >= 4 is 17.6 Å². The number of methoxy groups -OCH3 is 1. The number of carboxylic acid groups (broad SMARTS) is 1. The van der Waals surface area contributed by atoms with Crippen molar-refractivity contribution in [1.29, 1.82) is 0 Å². The van der Waals surface area contributed by atoms with E-state index in [4.69, 9.17) is 9.84 Å². The fourth-order valence-electron chi connectivity index (χ4n) is 2.41. The first kappa shape index (κ1) is 13.6. The maximum atomic E-state index is 12.0. The van der Waals surface area contributed by atoms with Crippen molar-refractivity contribution in [2.45, 2.75) is 38.2 Å². The van der Waals surface area contributed by atoms with E-state index < -0.39 is 5.97 Å². The molecule has 19 heavy (non-hydrogen) atoms. The van der Waals surface area contributed by atoms with Gasteiger partial charge < -0.3 is 20.1 Å². The Bertz CT molecular complexity index is 497. The molecule has 0 spiro atoms. The zero-order chi connectivity index (χ0) is 14.0. The molecular formula is C13H18N2O4. The Morgan fingerprint density at radius 1 is 1.53 bits per heavy atom. The number of rotatable bonds is 5. The average Bonchev–Trinajstić information content (AvgIpc) is 2.65. The molecule has 1 fully saturated rings. The molecule has 1 heterocycles. The van der Waals surface area contributed by atoms with Crippen LogP contribution in [0.2, 0.25) is 0 Å². The molecule has 0 bridgehead atoms. The van der Waals surface area contributed by atoms with Gasteiger partial charge in [0.2, 0.25) is 5.91 Å². The fourth-order valence-corrected chi connectivity index (χ4v) is 2.41. The Hall–Kier alpha value is -1.82. The summed E-state index contributed by atoms with van der Waals surface area (Å²) in [4.78, 5) is 25.9. The quantitative estimate of drug-likeness (QED) is 0.759. The van der Waals surface area contributed by atoms with E-state index >= 15 is 0 Å². The number of aryl methyl sites for hydroxylation is 1. The zero-order valence-electron chi connectivity index (χ0n) is 11.1. The number of aromatic nitrogens is 1. The molecule has 0 aliphatic heterocycles. The van der Waals surface area contributed by atoms with Gasteiger partial charge in [-0.15, -0.1) is 0 Å². The lowest BCUT2D eigenvalue weighted by atomic mass is 9.77. The first-order valence-electron chi connectivity index (χ1n) is 6.24. The smallest absolute Gasteiger partial charge is 0.339 e. The molecule has 0 saturated heterocycles. The molecule has 1 amide bonds. The Kier molecular flexibility index (Phi) is 3.61. The van der Waals surface area contributed by atoms with Crippen molar-refractivity contribution in [2.75, 3.05) is 12.4 Å². The lowest BCUT2D eigenvalue weighted by Gasteiger charge is -2.39. The van der Waals surface area contributed by atoms with Gasteiger partial charge in [-0.3, -0.25) is 4.79 Å². The molecule has 1 aromatic heterocycles. The number of anilines is 1. The van der Waals surface area contributed by atoms with Crippen LogP contribution in [-0.4, -0.2) is 34.7 Å². The monoisotopic (exact) mass is 266 g/mol. The van der Waals surface area contributed by atoms with Gasteiger partial charge in [0.05, 0.1) is 17.7 Å². The Morgan fingerprint density at radius 2 is 2.21 bits per heavy atom. The van der Waals surface area contributed by atoms with Gasteiger partial charge in [-0.05, 0) is 26.2 Å². The number of nitrogens with one attached hydrogen (secondary N) is 2. The molecule has 3 N–H and O–H groups in total. The van der Waals surface area contributed by atoms with Crippen molar-refractivity contribution < 1.29 is 19.4 Å². The predicted octanol–water partition coefficient (Wildman–Crippen LogP) is 1.92. The second-order valence-electron chi connectivity index (χ2n) is 4.97. The number of aromatic amines is 1. The summed E-state index contributed by atoms with van der Waals surface area (Å²) in [5.41, 5.74) is 0.570. The van der Waals surface area contributed by atoms with Gasteiger partial charge >= 0.3 is 5.97 Å². The van der Waals surface area contributed by atoms with E-state index in [1.807, 2.05) is 0 Å². The van der Waals surface area contributed by atoms with E-state index in [1.54, 1.807) is 14.0 Å². The highest BCUT2D eigenvalue weighted by Gasteiger charge is 2.39. The van der Waals surface area contributed by atoms with E-state index in [2.05, 4.69) is 10.3 Å².